The normalized spacial score (nSPS) is 19.6. The van der Waals surface area contributed by atoms with Crippen molar-refractivity contribution < 1.29 is 13.2 Å². The number of nitrogens with one attached hydrogen (secondary N) is 1. The first-order chi connectivity index (χ1) is 13.0. The van der Waals surface area contributed by atoms with Crippen LogP contribution in [0.1, 0.15) is 50.3 Å². The Labute approximate surface area is 169 Å². The third-order valence-electron chi connectivity index (χ3n) is 5.57. The highest BCUT2D eigenvalue weighted by Crippen LogP contribution is 2.31. The topological polar surface area (TPSA) is 69.7 Å². The van der Waals surface area contributed by atoms with Gasteiger partial charge < -0.3 is 5.32 Å². The molecule has 0 bridgehead atoms. The summed E-state index contributed by atoms with van der Waals surface area (Å²) < 4.78 is 28.2. The molecule has 1 aliphatic carbocycles. The molecule has 1 saturated heterocycles. The quantitative estimate of drug-likeness (QED) is 0.812. The maximum absolute atomic E-state index is 13.3. The molecule has 6 nitrogen and oxygen atoms in total. The van der Waals surface area contributed by atoms with Crippen molar-refractivity contribution in [2.24, 2.45) is 0 Å². The Morgan fingerprint density at radius 2 is 1.61 bits per heavy atom. The molecule has 3 rings (SSSR count). The minimum absolute atomic E-state index is 0.0233. The summed E-state index contributed by atoms with van der Waals surface area (Å²) in [5.41, 5.74) is 2.73. The van der Waals surface area contributed by atoms with E-state index in [1.54, 1.807) is 4.31 Å². The average Bonchev–Trinajstić information content (AvgIpc) is 3.37. The maximum Gasteiger partial charge on any atom is 0.243 e. The minimum Gasteiger partial charge on any atom is -0.352 e. The number of amides is 1. The Morgan fingerprint density at radius 3 is 2.07 bits per heavy atom. The number of carbonyl (C=O) groups excluding carboxylic acids is 1. The molecule has 1 saturated carbocycles. The molecular formula is C21H33N3O3S. The lowest BCUT2D eigenvalue weighted by Crippen LogP contribution is -2.51. The summed E-state index contributed by atoms with van der Waals surface area (Å²) in [7, 11) is -3.54. The van der Waals surface area contributed by atoms with Gasteiger partial charge in [-0.05, 0) is 48.8 Å². The molecule has 1 heterocycles. The predicted octanol–water partition coefficient (Wildman–Crippen LogP) is 2.19. The Kier molecular flexibility index (Phi) is 5.90. The van der Waals surface area contributed by atoms with Gasteiger partial charge in [0.1, 0.15) is 0 Å². The van der Waals surface area contributed by atoms with Gasteiger partial charge in [0, 0.05) is 32.2 Å². The first-order valence-corrected chi connectivity index (χ1v) is 11.6. The second-order valence-corrected chi connectivity index (χ2v) is 11.1. The molecule has 28 heavy (non-hydrogen) atoms. The van der Waals surface area contributed by atoms with E-state index in [9.17, 15) is 13.2 Å². The van der Waals surface area contributed by atoms with Crippen LogP contribution in [0.15, 0.2) is 17.0 Å². The highest BCUT2D eigenvalue weighted by atomic mass is 32.2. The van der Waals surface area contributed by atoms with Gasteiger partial charge in [0.25, 0.3) is 0 Å². The SMILES string of the molecule is Cc1cc(C(C)(C)C)cc(C)c1S(=O)(=O)N1CCN(CC(=O)NC2CC2)CC1. The lowest BCUT2D eigenvalue weighted by molar-refractivity contribution is -0.122. The van der Waals surface area contributed by atoms with Crippen molar-refractivity contribution in [1.82, 2.24) is 14.5 Å². The number of sulfonamides is 1. The summed E-state index contributed by atoms with van der Waals surface area (Å²) in [5, 5.41) is 2.99. The molecule has 0 aromatic heterocycles. The Morgan fingerprint density at radius 1 is 1.07 bits per heavy atom. The minimum atomic E-state index is -3.54. The van der Waals surface area contributed by atoms with Gasteiger partial charge in [-0.3, -0.25) is 9.69 Å². The van der Waals surface area contributed by atoms with E-state index in [2.05, 4.69) is 26.1 Å². The second kappa shape index (κ2) is 7.76. The van der Waals surface area contributed by atoms with E-state index in [0.29, 0.717) is 43.7 Å². The van der Waals surface area contributed by atoms with Crippen LogP contribution in [0.2, 0.25) is 0 Å². The summed E-state index contributed by atoms with van der Waals surface area (Å²) in [6, 6.07) is 4.35. The lowest BCUT2D eigenvalue weighted by atomic mass is 9.85. The van der Waals surface area contributed by atoms with Crippen LogP contribution in [0.3, 0.4) is 0 Å². The van der Waals surface area contributed by atoms with Crippen molar-refractivity contribution in [3.63, 3.8) is 0 Å². The molecule has 0 atom stereocenters. The first-order valence-electron chi connectivity index (χ1n) is 10.1. The molecule has 1 N–H and O–H groups in total. The Bertz CT molecular complexity index is 823. The number of piperazine rings is 1. The first kappa shape index (κ1) is 21.3. The van der Waals surface area contributed by atoms with Crippen LogP contribution in [-0.4, -0.2) is 62.3 Å². The van der Waals surface area contributed by atoms with E-state index < -0.39 is 10.0 Å². The van der Waals surface area contributed by atoms with Gasteiger partial charge in [-0.25, -0.2) is 8.42 Å². The molecule has 2 aliphatic rings. The molecule has 1 aromatic carbocycles. The van der Waals surface area contributed by atoms with Crippen molar-refractivity contribution in [2.45, 2.75) is 63.8 Å². The lowest BCUT2D eigenvalue weighted by Gasteiger charge is -2.34. The van der Waals surface area contributed by atoms with Crippen molar-refractivity contribution in [1.29, 1.82) is 0 Å². The van der Waals surface area contributed by atoms with Crippen LogP contribution in [0.25, 0.3) is 0 Å². The molecule has 0 unspecified atom stereocenters. The number of aryl methyl sites for hydroxylation is 2. The highest BCUT2D eigenvalue weighted by Gasteiger charge is 2.32. The summed E-state index contributed by atoms with van der Waals surface area (Å²) in [6.07, 6.45) is 2.15. The summed E-state index contributed by atoms with van der Waals surface area (Å²) in [6.45, 7) is 12.5. The van der Waals surface area contributed by atoms with E-state index in [1.807, 2.05) is 30.9 Å². The van der Waals surface area contributed by atoms with Crippen molar-refractivity contribution in [3.8, 4) is 0 Å². The van der Waals surface area contributed by atoms with Crippen LogP contribution in [-0.2, 0) is 20.2 Å². The van der Waals surface area contributed by atoms with Crippen LogP contribution >= 0.6 is 0 Å². The fourth-order valence-corrected chi connectivity index (χ4v) is 5.59. The maximum atomic E-state index is 13.3. The summed E-state index contributed by atoms with van der Waals surface area (Å²) in [4.78, 5) is 14.4. The molecule has 0 spiro atoms. The zero-order valence-corrected chi connectivity index (χ0v) is 18.5. The van der Waals surface area contributed by atoms with Gasteiger partial charge in [0.05, 0.1) is 11.4 Å². The highest BCUT2D eigenvalue weighted by molar-refractivity contribution is 7.89. The molecule has 156 valence electrons. The molecule has 7 heteroatoms. The van der Waals surface area contributed by atoms with Crippen molar-refractivity contribution in [2.75, 3.05) is 32.7 Å². The Balaban J connectivity index is 1.69. The third-order valence-corrected chi connectivity index (χ3v) is 7.77. The number of hydrogen-bond donors (Lipinski definition) is 1. The fraction of sp³-hybridized carbons (Fsp3) is 0.667. The Hall–Kier alpha value is -1.44. The fourth-order valence-electron chi connectivity index (χ4n) is 3.75. The van der Waals surface area contributed by atoms with Crippen molar-refractivity contribution in [3.05, 3.63) is 28.8 Å². The van der Waals surface area contributed by atoms with Crippen LogP contribution < -0.4 is 5.32 Å². The molecule has 0 radical (unpaired) electrons. The van der Waals surface area contributed by atoms with E-state index in [4.69, 9.17) is 0 Å². The largest absolute Gasteiger partial charge is 0.352 e. The van der Waals surface area contributed by atoms with E-state index in [0.717, 1.165) is 29.5 Å². The van der Waals surface area contributed by atoms with E-state index >= 15 is 0 Å². The van der Waals surface area contributed by atoms with Crippen LogP contribution in [0.5, 0.6) is 0 Å². The van der Waals surface area contributed by atoms with Gasteiger partial charge >= 0.3 is 0 Å². The van der Waals surface area contributed by atoms with Gasteiger partial charge in [-0.15, -0.1) is 0 Å². The number of hydrogen-bond acceptors (Lipinski definition) is 4. The standard InChI is InChI=1S/C21H33N3O3S/c1-15-12-17(21(3,4)5)13-16(2)20(15)28(26,27)24-10-8-23(9-11-24)14-19(25)22-18-6-7-18/h12-13,18H,6-11,14H2,1-5H3,(H,22,25). The molecule has 2 fully saturated rings. The van der Waals surface area contributed by atoms with E-state index in [1.165, 1.54) is 0 Å². The van der Waals surface area contributed by atoms with Crippen molar-refractivity contribution >= 4 is 15.9 Å². The number of nitrogens with zero attached hydrogens (tertiary/aromatic N) is 2. The van der Waals surface area contributed by atoms with Crippen LogP contribution in [0.4, 0.5) is 0 Å². The molecule has 1 aromatic rings. The molecule has 1 amide bonds. The number of rotatable bonds is 5. The second-order valence-electron chi connectivity index (χ2n) is 9.21. The zero-order chi connectivity index (χ0) is 20.7. The molecular weight excluding hydrogens is 374 g/mol. The van der Waals surface area contributed by atoms with Gasteiger partial charge in [0.15, 0.2) is 0 Å². The van der Waals surface area contributed by atoms with Crippen LogP contribution in [0, 0.1) is 13.8 Å². The number of benzene rings is 1. The smallest absolute Gasteiger partial charge is 0.243 e. The van der Waals surface area contributed by atoms with Gasteiger partial charge in [-0.1, -0.05) is 32.9 Å². The summed E-state index contributed by atoms with van der Waals surface area (Å²) >= 11 is 0. The zero-order valence-electron chi connectivity index (χ0n) is 17.7. The molecule has 1 aliphatic heterocycles. The monoisotopic (exact) mass is 407 g/mol. The van der Waals surface area contributed by atoms with Gasteiger partial charge in [0.2, 0.25) is 15.9 Å². The summed E-state index contributed by atoms with van der Waals surface area (Å²) in [5.74, 6) is 0.0447. The third kappa shape index (κ3) is 4.75. The van der Waals surface area contributed by atoms with Gasteiger partial charge in [-0.2, -0.15) is 4.31 Å². The predicted molar refractivity (Wildman–Crippen MR) is 111 cm³/mol. The average molecular weight is 408 g/mol. The van der Waals surface area contributed by atoms with E-state index in [-0.39, 0.29) is 11.3 Å². The number of carbonyl (C=O) groups is 1.